The minimum atomic E-state index is 0.647. The van der Waals surface area contributed by atoms with Crippen LogP contribution < -0.4 is 4.57 Å². The number of hydrogen-bond donors (Lipinski definition) is 0. The zero-order valence-electron chi connectivity index (χ0n) is 9.11. The molecule has 1 saturated heterocycles. The lowest BCUT2D eigenvalue weighted by Crippen LogP contribution is -2.32. The summed E-state index contributed by atoms with van der Waals surface area (Å²) in [6, 6.07) is 5.05. The summed E-state index contributed by atoms with van der Waals surface area (Å²) in [5.74, 6) is 0. The Morgan fingerprint density at radius 2 is 2.43 bits per heavy atom. The van der Waals surface area contributed by atoms with Crippen LogP contribution in [0.5, 0.6) is 0 Å². The van der Waals surface area contributed by atoms with E-state index in [1.807, 2.05) is 0 Å². The van der Waals surface area contributed by atoms with Crippen LogP contribution >= 0.6 is 0 Å². The molecule has 1 aliphatic heterocycles. The second kappa shape index (κ2) is 4.09. The Morgan fingerprint density at radius 3 is 3.07 bits per heavy atom. The number of aromatic nitrogens is 1. The number of aryl methyl sites for hydroxylation is 1. The van der Waals surface area contributed by atoms with Gasteiger partial charge in [-0.15, -0.1) is 0 Å². The number of rotatable bonds is 2. The highest BCUT2D eigenvalue weighted by Crippen LogP contribution is 2.29. The van der Waals surface area contributed by atoms with Crippen LogP contribution in [0, 0.1) is 0 Å². The monoisotopic (exact) mass is 191 g/mol. The van der Waals surface area contributed by atoms with Gasteiger partial charge in [-0.1, -0.05) is 0 Å². The second-order valence-corrected chi connectivity index (χ2v) is 4.11. The molecule has 76 valence electrons. The van der Waals surface area contributed by atoms with Crippen molar-refractivity contribution in [1.82, 2.24) is 4.90 Å². The van der Waals surface area contributed by atoms with Gasteiger partial charge in [-0.05, 0) is 39.4 Å². The maximum Gasteiger partial charge on any atom is 0.173 e. The van der Waals surface area contributed by atoms with E-state index >= 15 is 0 Å². The van der Waals surface area contributed by atoms with Gasteiger partial charge < -0.3 is 0 Å². The Hall–Kier alpha value is -0.890. The highest BCUT2D eigenvalue weighted by molar-refractivity contribution is 5.12. The third kappa shape index (κ3) is 1.80. The lowest BCUT2D eigenvalue weighted by Gasteiger charge is -2.18. The van der Waals surface area contributed by atoms with Crippen LogP contribution in [0.25, 0.3) is 0 Å². The van der Waals surface area contributed by atoms with E-state index in [1.165, 1.54) is 24.9 Å². The predicted molar refractivity (Wildman–Crippen MR) is 56.9 cm³/mol. The molecule has 0 aromatic carbocycles. The van der Waals surface area contributed by atoms with Crippen molar-refractivity contribution >= 4 is 0 Å². The van der Waals surface area contributed by atoms with Gasteiger partial charge in [-0.3, -0.25) is 4.90 Å². The third-order valence-electron chi connectivity index (χ3n) is 3.15. The summed E-state index contributed by atoms with van der Waals surface area (Å²) in [7, 11) is 2.22. The lowest BCUT2D eigenvalue weighted by atomic mass is 10.1. The van der Waals surface area contributed by atoms with Crippen molar-refractivity contribution in [1.29, 1.82) is 0 Å². The zero-order valence-corrected chi connectivity index (χ0v) is 9.11. The molecule has 14 heavy (non-hydrogen) atoms. The minimum Gasteiger partial charge on any atom is -0.299 e. The van der Waals surface area contributed by atoms with Crippen LogP contribution in [0.1, 0.15) is 31.4 Å². The maximum atomic E-state index is 2.45. The van der Waals surface area contributed by atoms with E-state index in [2.05, 4.69) is 48.0 Å². The zero-order chi connectivity index (χ0) is 9.97. The van der Waals surface area contributed by atoms with Crippen molar-refractivity contribution in [3.8, 4) is 0 Å². The Kier molecular flexibility index (Phi) is 2.82. The molecule has 1 aliphatic rings. The fourth-order valence-corrected chi connectivity index (χ4v) is 2.27. The summed E-state index contributed by atoms with van der Waals surface area (Å²) in [4.78, 5) is 2.45. The van der Waals surface area contributed by atoms with Crippen LogP contribution in [-0.2, 0) is 6.54 Å². The van der Waals surface area contributed by atoms with Crippen molar-refractivity contribution < 1.29 is 4.57 Å². The van der Waals surface area contributed by atoms with Gasteiger partial charge in [0.1, 0.15) is 6.54 Å². The average molecular weight is 191 g/mol. The molecule has 0 bridgehead atoms. The maximum absolute atomic E-state index is 2.45. The van der Waals surface area contributed by atoms with Gasteiger partial charge in [-0.25, -0.2) is 4.57 Å². The van der Waals surface area contributed by atoms with Crippen LogP contribution in [0.15, 0.2) is 24.5 Å². The van der Waals surface area contributed by atoms with Gasteiger partial charge in [0, 0.05) is 17.7 Å². The summed E-state index contributed by atoms with van der Waals surface area (Å²) in [6.07, 6.45) is 7.07. The van der Waals surface area contributed by atoms with Gasteiger partial charge in [0.15, 0.2) is 12.4 Å². The van der Waals surface area contributed by atoms with Crippen LogP contribution in [0.3, 0.4) is 0 Å². The topological polar surface area (TPSA) is 7.12 Å². The molecule has 0 saturated carbocycles. The van der Waals surface area contributed by atoms with Crippen molar-refractivity contribution in [2.75, 3.05) is 13.6 Å². The normalized spacial score (nSPS) is 22.9. The SMILES string of the molecule is CC[n+]1cccc(C2CCCN2C)c1. The summed E-state index contributed by atoms with van der Waals surface area (Å²) >= 11 is 0. The van der Waals surface area contributed by atoms with E-state index in [-0.39, 0.29) is 0 Å². The van der Waals surface area contributed by atoms with Crippen molar-refractivity contribution in [3.63, 3.8) is 0 Å². The molecule has 0 amide bonds. The van der Waals surface area contributed by atoms with Crippen LogP contribution in [0.2, 0.25) is 0 Å². The van der Waals surface area contributed by atoms with Crippen LogP contribution in [0.4, 0.5) is 0 Å². The molecule has 0 aliphatic carbocycles. The standard InChI is InChI=1S/C12H19N2/c1-3-14-9-4-6-11(10-14)12-7-5-8-13(12)2/h4,6,9-10,12H,3,5,7-8H2,1-2H3/q+1. The van der Waals surface area contributed by atoms with Gasteiger partial charge in [0.2, 0.25) is 0 Å². The molecule has 2 nitrogen and oxygen atoms in total. The first-order chi connectivity index (χ1) is 6.81. The van der Waals surface area contributed by atoms with Crippen LogP contribution in [-0.4, -0.2) is 18.5 Å². The molecule has 2 heterocycles. The summed E-state index contributed by atoms with van der Waals surface area (Å²) < 4.78 is 2.25. The molecule has 1 unspecified atom stereocenters. The number of likely N-dealkylation sites (tertiary alicyclic amines) is 1. The predicted octanol–water partition coefficient (Wildman–Crippen LogP) is 1.76. The molecular formula is C12H19N2+. The minimum absolute atomic E-state index is 0.647. The molecular weight excluding hydrogens is 172 g/mol. The van der Waals surface area contributed by atoms with Crippen molar-refractivity contribution in [2.24, 2.45) is 0 Å². The molecule has 1 aromatic rings. The Morgan fingerprint density at radius 1 is 1.57 bits per heavy atom. The quantitative estimate of drug-likeness (QED) is 0.646. The van der Waals surface area contributed by atoms with Gasteiger partial charge in [0.05, 0.1) is 0 Å². The molecule has 0 radical (unpaired) electrons. The molecule has 0 N–H and O–H groups in total. The Balaban J connectivity index is 2.22. The fraction of sp³-hybridized carbons (Fsp3) is 0.583. The third-order valence-corrected chi connectivity index (χ3v) is 3.15. The average Bonchev–Trinajstić information content (AvgIpc) is 2.65. The first-order valence-electron chi connectivity index (χ1n) is 5.50. The Labute approximate surface area is 86.2 Å². The molecule has 0 spiro atoms. The van der Waals surface area contributed by atoms with Gasteiger partial charge in [-0.2, -0.15) is 0 Å². The second-order valence-electron chi connectivity index (χ2n) is 4.11. The van der Waals surface area contributed by atoms with E-state index in [4.69, 9.17) is 0 Å². The lowest BCUT2D eigenvalue weighted by molar-refractivity contribution is -0.694. The highest BCUT2D eigenvalue weighted by atomic mass is 15.1. The van der Waals surface area contributed by atoms with Crippen molar-refractivity contribution in [2.45, 2.75) is 32.4 Å². The van der Waals surface area contributed by atoms with Gasteiger partial charge >= 0.3 is 0 Å². The summed E-state index contributed by atoms with van der Waals surface area (Å²) in [5, 5.41) is 0. The Bertz CT molecular complexity index is 309. The summed E-state index contributed by atoms with van der Waals surface area (Å²) in [5.41, 5.74) is 1.47. The first-order valence-corrected chi connectivity index (χ1v) is 5.50. The molecule has 1 aromatic heterocycles. The van der Waals surface area contributed by atoms with Crippen molar-refractivity contribution in [3.05, 3.63) is 30.1 Å². The van der Waals surface area contributed by atoms with E-state index in [1.54, 1.807) is 0 Å². The fourth-order valence-electron chi connectivity index (χ4n) is 2.27. The first kappa shape index (κ1) is 9.66. The number of nitrogens with zero attached hydrogens (tertiary/aromatic N) is 2. The number of pyridine rings is 1. The van der Waals surface area contributed by atoms with E-state index in [0.717, 1.165) is 6.54 Å². The van der Waals surface area contributed by atoms with E-state index in [0.29, 0.717) is 6.04 Å². The smallest absolute Gasteiger partial charge is 0.173 e. The molecule has 1 fully saturated rings. The molecule has 2 heteroatoms. The van der Waals surface area contributed by atoms with E-state index < -0.39 is 0 Å². The molecule has 1 atom stereocenters. The highest BCUT2D eigenvalue weighted by Gasteiger charge is 2.23. The summed E-state index contributed by atoms with van der Waals surface area (Å²) in [6.45, 7) is 4.48. The van der Waals surface area contributed by atoms with Gasteiger partial charge in [0.25, 0.3) is 0 Å². The number of hydrogen-bond acceptors (Lipinski definition) is 1. The van der Waals surface area contributed by atoms with E-state index in [9.17, 15) is 0 Å². The molecule has 2 rings (SSSR count). The largest absolute Gasteiger partial charge is 0.299 e.